The summed E-state index contributed by atoms with van der Waals surface area (Å²) in [4.78, 5) is 8.94. The molecule has 0 unspecified atom stereocenters. The molecular weight excluding hydrogens is 329 g/mol. The molecular formula is C9H12FN3O6S2. The number of sulfonamides is 2. The topological polar surface area (TPSA) is 149 Å². The average Bonchev–Trinajstić information content (AvgIpc) is 2.33. The van der Waals surface area contributed by atoms with Crippen LogP contribution in [-0.4, -0.2) is 34.1 Å². The van der Waals surface area contributed by atoms with Crippen molar-refractivity contribution in [2.75, 3.05) is 12.3 Å². The first-order chi connectivity index (χ1) is 9.53. The first-order valence-corrected chi connectivity index (χ1v) is 8.67. The van der Waals surface area contributed by atoms with E-state index in [1.807, 2.05) is 4.72 Å². The van der Waals surface area contributed by atoms with Crippen LogP contribution in [0.1, 0.15) is 6.42 Å². The number of nitro groups is 1. The minimum Gasteiger partial charge on any atom is -0.258 e. The van der Waals surface area contributed by atoms with Crippen LogP contribution in [0, 0.1) is 15.9 Å². The van der Waals surface area contributed by atoms with Gasteiger partial charge < -0.3 is 0 Å². The summed E-state index contributed by atoms with van der Waals surface area (Å²) in [6, 6.07) is 2.12. The number of benzene rings is 1. The van der Waals surface area contributed by atoms with Crippen molar-refractivity contribution >= 4 is 25.7 Å². The minimum absolute atomic E-state index is 0.0620. The lowest BCUT2D eigenvalue weighted by Gasteiger charge is -2.06. The highest BCUT2D eigenvalue weighted by molar-refractivity contribution is 7.89. The molecule has 1 rings (SSSR count). The molecule has 9 nitrogen and oxygen atoms in total. The fourth-order valence-corrected chi connectivity index (χ4v) is 3.00. The Morgan fingerprint density at radius 1 is 1.29 bits per heavy atom. The van der Waals surface area contributed by atoms with Crippen LogP contribution in [0.4, 0.5) is 10.1 Å². The van der Waals surface area contributed by atoms with Gasteiger partial charge in [0.15, 0.2) is 0 Å². The van der Waals surface area contributed by atoms with Crippen LogP contribution in [0.2, 0.25) is 0 Å². The highest BCUT2D eigenvalue weighted by atomic mass is 32.2. The molecule has 0 aromatic heterocycles. The molecule has 0 spiro atoms. The summed E-state index contributed by atoms with van der Waals surface area (Å²) >= 11 is 0. The van der Waals surface area contributed by atoms with Crippen molar-refractivity contribution < 1.29 is 26.1 Å². The number of nitrogens with two attached hydrogens (primary N) is 1. The van der Waals surface area contributed by atoms with Crippen molar-refractivity contribution in [1.82, 2.24) is 4.72 Å². The second kappa shape index (κ2) is 6.43. The zero-order valence-corrected chi connectivity index (χ0v) is 12.2. The molecule has 1 aromatic rings. The summed E-state index contributed by atoms with van der Waals surface area (Å²) in [7, 11) is -7.79. The fraction of sp³-hybridized carbons (Fsp3) is 0.333. The van der Waals surface area contributed by atoms with Gasteiger partial charge in [-0.05, 0) is 12.5 Å². The molecule has 0 fully saturated rings. The SMILES string of the molecule is NS(=O)(=O)CCCNS(=O)(=O)c1ccc([N+](=O)[O-])c(F)c1. The summed E-state index contributed by atoms with van der Waals surface area (Å²) in [5.74, 6) is -1.70. The standard InChI is InChI=1S/C9H12FN3O6S2/c10-8-6-7(2-3-9(8)13(14)15)21(18,19)12-4-1-5-20(11,16)17/h2-3,6,12H,1,4-5H2,(H2,11,16,17). The number of hydrogen-bond donors (Lipinski definition) is 2. The van der Waals surface area contributed by atoms with Gasteiger partial charge in [-0.3, -0.25) is 10.1 Å². The second-order valence-corrected chi connectivity index (χ2v) is 7.49. The number of hydrogen-bond acceptors (Lipinski definition) is 6. The number of halogens is 1. The Hall–Kier alpha value is -1.63. The van der Waals surface area contributed by atoms with Crippen LogP contribution >= 0.6 is 0 Å². The fourth-order valence-electron chi connectivity index (χ4n) is 1.37. The average molecular weight is 341 g/mol. The highest BCUT2D eigenvalue weighted by Gasteiger charge is 2.20. The van der Waals surface area contributed by atoms with E-state index in [9.17, 15) is 31.3 Å². The summed E-state index contributed by atoms with van der Waals surface area (Å²) < 4.78 is 60.2. The molecule has 118 valence electrons. The molecule has 3 N–H and O–H groups in total. The first-order valence-electron chi connectivity index (χ1n) is 5.47. The number of nitro benzene ring substituents is 1. The van der Waals surface area contributed by atoms with Crippen molar-refractivity contribution in [3.63, 3.8) is 0 Å². The highest BCUT2D eigenvalue weighted by Crippen LogP contribution is 2.20. The van der Waals surface area contributed by atoms with Gasteiger partial charge in [0.25, 0.3) is 0 Å². The maximum Gasteiger partial charge on any atom is 0.304 e. The van der Waals surface area contributed by atoms with Gasteiger partial charge in [0.2, 0.25) is 25.9 Å². The smallest absolute Gasteiger partial charge is 0.258 e. The third-order valence-corrected chi connectivity index (χ3v) is 4.64. The van der Waals surface area contributed by atoms with Crippen LogP contribution < -0.4 is 9.86 Å². The van der Waals surface area contributed by atoms with Gasteiger partial charge in [0.1, 0.15) is 0 Å². The van der Waals surface area contributed by atoms with Gasteiger partial charge in [-0.1, -0.05) is 0 Å². The Morgan fingerprint density at radius 2 is 1.90 bits per heavy atom. The number of nitrogens with zero attached hydrogens (tertiary/aromatic N) is 1. The van der Waals surface area contributed by atoms with Crippen LogP contribution in [0.3, 0.4) is 0 Å². The Balaban J connectivity index is 2.79. The lowest BCUT2D eigenvalue weighted by Crippen LogP contribution is -2.27. The molecule has 0 aliphatic carbocycles. The van der Waals surface area contributed by atoms with Crippen LogP contribution in [0.25, 0.3) is 0 Å². The zero-order chi connectivity index (χ0) is 16.3. The number of rotatable bonds is 7. The van der Waals surface area contributed by atoms with E-state index in [4.69, 9.17) is 5.14 Å². The Kier molecular flexibility index (Phi) is 5.33. The van der Waals surface area contributed by atoms with E-state index >= 15 is 0 Å². The maximum atomic E-state index is 13.3. The maximum absolute atomic E-state index is 13.3. The third kappa shape index (κ3) is 5.34. The Labute approximate surface area is 120 Å². The molecule has 21 heavy (non-hydrogen) atoms. The van der Waals surface area contributed by atoms with E-state index in [2.05, 4.69) is 0 Å². The van der Waals surface area contributed by atoms with E-state index < -0.39 is 47.1 Å². The van der Waals surface area contributed by atoms with Crippen molar-refractivity contribution in [3.05, 3.63) is 34.1 Å². The molecule has 1 aromatic carbocycles. The molecule has 0 aliphatic heterocycles. The van der Waals surface area contributed by atoms with Gasteiger partial charge in [-0.15, -0.1) is 0 Å². The van der Waals surface area contributed by atoms with E-state index in [0.717, 1.165) is 12.1 Å². The lowest BCUT2D eigenvalue weighted by atomic mass is 10.3. The molecule has 0 heterocycles. The number of primary sulfonamides is 1. The van der Waals surface area contributed by atoms with E-state index in [1.54, 1.807) is 0 Å². The van der Waals surface area contributed by atoms with E-state index in [0.29, 0.717) is 6.07 Å². The lowest BCUT2D eigenvalue weighted by molar-refractivity contribution is -0.387. The van der Waals surface area contributed by atoms with Crippen molar-refractivity contribution in [2.45, 2.75) is 11.3 Å². The summed E-state index contributed by atoms with van der Waals surface area (Å²) in [6.07, 6.45) is -0.0620. The Bertz CT molecular complexity index is 747. The van der Waals surface area contributed by atoms with E-state index in [1.165, 1.54) is 0 Å². The first kappa shape index (κ1) is 17.4. The molecule has 0 atom stereocenters. The van der Waals surface area contributed by atoms with Crippen molar-refractivity contribution in [3.8, 4) is 0 Å². The predicted molar refractivity (Wildman–Crippen MR) is 70.8 cm³/mol. The minimum atomic E-state index is -4.09. The predicted octanol–water partition coefficient (Wildman–Crippen LogP) is -0.309. The number of nitrogens with one attached hydrogen (secondary N) is 1. The van der Waals surface area contributed by atoms with Gasteiger partial charge >= 0.3 is 5.69 Å². The van der Waals surface area contributed by atoms with E-state index in [-0.39, 0.29) is 13.0 Å². The normalized spacial score (nSPS) is 12.3. The summed E-state index contributed by atoms with van der Waals surface area (Å²) in [5.41, 5.74) is -0.844. The summed E-state index contributed by atoms with van der Waals surface area (Å²) in [5, 5.41) is 15.2. The quantitative estimate of drug-likeness (QED) is 0.394. The molecule has 12 heteroatoms. The van der Waals surface area contributed by atoms with Gasteiger partial charge in [0.05, 0.1) is 15.6 Å². The third-order valence-electron chi connectivity index (χ3n) is 2.32. The molecule has 0 amide bonds. The molecule has 0 aliphatic rings. The zero-order valence-electron chi connectivity index (χ0n) is 10.5. The van der Waals surface area contributed by atoms with Gasteiger partial charge in [-0.2, -0.15) is 4.39 Å². The summed E-state index contributed by atoms with van der Waals surface area (Å²) in [6.45, 7) is -0.225. The van der Waals surface area contributed by atoms with Crippen LogP contribution in [0.5, 0.6) is 0 Å². The molecule has 0 saturated heterocycles. The largest absolute Gasteiger partial charge is 0.304 e. The monoisotopic (exact) mass is 341 g/mol. The van der Waals surface area contributed by atoms with Crippen molar-refractivity contribution in [2.24, 2.45) is 5.14 Å². The van der Waals surface area contributed by atoms with Crippen LogP contribution in [-0.2, 0) is 20.0 Å². The Morgan fingerprint density at radius 3 is 2.38 bits per heavy atom. The molecule has 0 radical (unpaired) electrons. The van der Waals surface area contributed by atoms with Gasteiger partial charge in [0, 0.05) is 18.7 Å². The second-order valence-electron chi connectivity index (χ2n) is 3.99. The molecule has 0 saturated carbocycles. The van der Waals surface area contributed by atoms with Crippen molar-refractivity contribution in [1.29, 1.82) is 0 Å². The molecule has 0 bridgehead atoms. The van der Waals surface area contributed by atoms with Crippen LogP contribution in [0.15, 0.2) is 23.1 Å². The van der Waals surface area contributed by atoms with Gasteiger partial charge in [-0.25, -0.2) is 26.7 Å².